The van der Waals surface area contributed by atoms with E-state index < -0.39 is 5.97 Å². The number of nitrogens with zero attached hydrogens (tertiary/aromatic N) is 1. The SMILES string of the molecule is COCC(C(C)C)N1CCC(C(=O)O)C1C. The van der Waals surface area contributed by atoms with Gasteiger partial charge in [-0.2, -0.15) is 0 Å². The molecule has 1 fully saturated rings. The molecule has 0 aromatic heterocycles. The molecule has 0 aromatic rings. The number of likely N-dealkylation sites (tertiary alicyclic amines) is 1. The standard InChI is InChI=1S/C12H23NO3/c1-8(2)11(7-16-4)13-6-5-10(9(13)3)12(14)15/h8-11H,5-7H2,1-4H3,(H,14,15). The van der Waals surface area contributed by atoms with Crippen molar-refractivity contribution in [3.63, 3.8) is 0 Å². The molecular weight excluding hydrogens is 206 g/mol. The highest BCUT2D eigenvalue weighted by Gasteiger charge is 2.39. The summed E-state index contributed by atoms with van der Waals surface area (Å²) in [5.41, 5.74) is 0. The molecule has 0 saturated carbocycles. The number of carboxylic acids is 1. The minimum atomic E-state index is -0.671. The molecule has 3 atom stereocenters. The highest BCUT2D eigenvalue weighted by atomic mass is 16.5. The highest BCUT2D eigenvalue weighted by molar-refractivity contribution is 5.71. The van der Waals surface area contributed by atoms with Gasteiger partial charge < -0.3 is 9.84 Å². The van der Waals surface area contributed by atoms with Gasteiger partial charge in [0.05, 0.1) is 12.5 Å². The van der Waals surface area contributed by atoms with Crippen LogP contribution >= 0.6 is 0 Å². The van der Waals surface area contributed by atoms with E-state index in [1.54, 1.807) is 7.11 Å². The molecule has 1 saturated heterocycles. The molecule has 1 N–H and O–H groups in total. The Morgan fingerprint density at radius 3 is 2.56 bits per heavy atom. The Bertz CT molecular complexity index is 242. The fraction of sp³-hybridized carbons (Fsp3) is 0.917. The minimum absolute atomic E-state index is 0.111. The van der Waals surface area contributed by atoms with Gasteiger partial charge in [0, 0.05) is 19.2 Å². The van der Waals surface area contributed by atoms with Crippen LogP contribution in [-0.4, -0.2) is 48.3 Å². The van der Waals surface area contributed by atoms with Gasteiger partial charge in [0.1, 0.15) is 0 Å². The predicted molar refractivity (Wildman–Crippen MR) is 62.4 cm³/mol. The van der Waals surface area contributed by atoms with Crippen LogP contribution in [-0.2, 0) is 9.53 Å². The van der Waals surface area contributed by atoms with Crippen molar-refractivity contribution in [2.24, 2.45) is 11.8 Å². The van der Waals surface area contributed by atoms with Crippen LogP contribution in [0.3, 0.4) is 0 Å². The van der Waals surface area contributed by atoms with E-state index in [2.05, 4.69) is 18.7 Å². The summed E-state index contributed by atoms with van der Waals surface area (Å²) in [4.78, 5) is 13.3. The second-order valence-electron chi connectivity index (χ2n) is 4.98. The summed E-state index contributed by atoms with van der Waals surface area (Å²) in [6.07, 6.45) is 0.753. The molecular formula is C12H23NO3. The maximum absolute atomic E-state index is 11.0. The number of rotatable bonds is 5. The van der Waals surface area contributed by atoms with Crippen molar-refractivity contribution in [1.82, 2.24) is 4.90 Å². The van der Waals surface area contributed by atoms with Gasteiger partial charge in [0.15, 0.2) is 0 Å². The van der Waals surface area contributed by atoms with Gasteiger partial charge in [-0.05, 0) is 25.8 Å². The molecule has 1 aliphatic rings. The van der Waals surface area contributed by atoms with E-state index in [4.69, 9.17) is 9.84 Å². The van der Waals surface area contributed by atoms with Crippen LogP contribution in [0.2, 0.25) is 0 Å². The highest BCUT2D eigenvalue weighted by Crippen LogP contribution is 2.28. The molecule has 0 aliphatic carbocycles. The van der Waals surface area contributed by atoms with Crippen LogP contribution in [0.5, 0.6) is 0 Å². The predicted octanol–water partition coefficient (Wildman–Crippen LogP) is 1.45. The van der Waals surface area contributed by atoms with Gasteiger partial charge in [-0.15, -0.1) is 0 Å². The zero-order valence-corrected chi connectivity index (χ0v) is 10.6. The molecule has 0 radical (unpaired) electrons. The third-order valence-electron chi connectivity index (χ3n) is 3.65. The Balaban J connectivity index is 2.69. The maximum Gasteiger partial charge on any atom is 0.308 e. The summed E-state index contributed by atoms with van der Waals surface area (Å²) in [5, 5.41) is 9.09. The molecule has 0 spiro atoms. The summed E-state index contributed by atoms with van der Waals surface area (Å²) in [5.74, 6) is -0.414. The molecule has 3 unspecified atom stereocenters. The van der Waals surface area contributed by atoms with Crippen molar-refractivity contribution >= 4 is 5.97 Å². The number of hydrogen-bond acceptors (Lipinski definition) is 3. The van der Waals surface area contributed by atoms with Crippen molar-refractivity contribution in [1.29, 1.82) is 0 Å². The van der Waals surface area contributed by atoms with E-state index in [9.17, 15) is 4.79 Å². The first-order chi connectivity index (χ1) is 7.49. The molecule has 0 amide bonds. The lowest BCUT2D eigenvalue weighted by Gasteiger charge is -2.34. The normalized spacial score (nSPS) is 28.6. The average molecular weight is 229 g/mol. The lowest BCUT2D eigenvalue weighted by Crippen LogP contribution is -2.45. The molecule has 94 valence electrons. The van der Waals surface area contributed by atoms with Crippen molar-refractivity contribution in [3.8, 4) is 0 Å². The van der Waals surface area contributed by atoms with Crippen LogP contribution in [0.4, 0.5) is 0 Å². The molecule has 0 aromatic carbocycles. The topological polar surface area (TPSA) is 49.8 Å². The second kappa shape index (κ2) is 5.64. The first-order valence-electron chi connectivity index (χ1n) is 5.96. The van der Waals surface area contributed by atoms with Crippen molar-refractivity contribution in [2.45, 2.75) is 39.3 Å². The monoisotopic (exact) mass is 229 g/mol. The number of carboxylic acid groups (broad SMARTS) is 1. The lowest BCUT2D eigenvalue weighted by atomic mass is 9.99. The van der Waals surface area contributed by atoms with E-state index in [0.717, 1.165) is 13.0 Å². The van der Waals surface area contributed by atoms with Crippen LogP contribution < -0.4 is 0 Å². The maximum atomic E-state index is 11.0. The van der Waals surface area contributed by atoms with Crippen LogP contribution in [0.15, 0.2) is 0 Å². The van der Waals surface area contributed by atoms with E-state index in [0.29, 0.717) is 18.6 Å². The quantitative estimate of drug-likeness (QED) is 0.775. The van der Waals surface area contributed by atoms with Crippen molar-refractivity contribution in [2.75, 3.05) is 20.3 Å². The first kappa shape index (κ1) is 13.5. The number of carbonyl (C=O) groups is 1. The van der Waals surface area contributed by atoms with Gasteiger partial charge in [0.25, 0.3) is 0 Å². The number of aliphatic carboxylic acids is 1. The largest absolute Gasteiger partial charge is 0.481 e. The molecule has 0 bridgehead atoms. The zero-order chi connectivity index (χ0) is 12.3. The van der Waals surface area contributed by atoms with Gasteiger partial charge >= 0.3 is 5.97 Å². The van der Waals surface area contributed by atoms with Gasteiger partial charge in [0.2, 0.25) is 0 Å². The van der Waals surface area contributed by atoms with Gasteiger partial charge in [-0.25, -0.2) is 0 Å². The summed E-state index contributed by atoms with van der Waals surface area (Å²) < 4.78 is 5.23. The van der Waals surface area contributed by atoms with Gasteiger partial charge in [-0.1, -0.05) is 13.8 Å². The van der Waals surface area contributed by atoms with E-state index >= 15 is 0 Å². The Labute approximate surface area is 97.6 Å². The fourth-order valence-electron chi connectivity index (χ4n) is 2.60. The third kappa shape index (κ3) is 2.74. The minimum Gasteiger partial charge on any atom is -0.481 e. The van der Waals surface area contributed by atoms with Gasteiger partial charge in [-0.3, -0.25) is 9.69 Å². The summed E-state index contributed by atoms with van der Waals surface area (Å²) >= 11 is 0. The third-order valence-corrected chi connectivity index (χ3v) is 3.65. The average Bonchev–Trinajstić information content (AvgIpc) is 2.56. The summed E-state index contributed by atoms with van der Waals surface area (Å²) in [7, 11) is 1.70. The fourth-order valence-corrected chi connectivity index (χ4v) is 2.60. The number of methoxy groups -OCH3 is 1. The van der Waals surface area contributed by atoms with Crippen LogP contribution in [0, 0.1) is 11.8 Å². The molecule has 4 heteroatoms. The molecule has 1 heterocycles. The lowest BCUT2D eigenvalue weighted by molar-refractivity contribution is -0.142. The Hall–Kier alpha value is -0.610. The molecule has 1 rings (SSSR count). The summed E-state index contributed by atoms with van der Waals surface area (Å²) in [6, 6.07) is 0.435. The molecule has 1 aliphatic heterocycles. The molecule has 16 heavy (non-hydrogen) atoms. The second-order valence-corrected chi connectivity index (χ2v) is 4.98. The summed E-state index contributed by atoms with van der Waals surface area (Å²) in [6.45, 7) is 7.87. The first-order valence-corrected chi connectivity index (χ1v) is 5.96. The molecule has 4 nitrogen and oxygen atoms in total. The number of ether oxygens (including phenoxy) is 1. The van der Waals surface area contributed by atoms with Crippen molar-refractivity contribution in [3.05, 3.63) is 0 Å². The Morgan fingerprint density at radius 2 is 2.19 bits per heavy atom. The van der Waals surface area contributed by atoms with Crippen LogP contribution in [0.25, 0.3) is 0 Å². The Morgan fingerprint density at radius 1 is 1.56 bits per heavy atom. The van der Waals surface area contributed by atoms with Crippen molar-refractivity contribution < 1.29 is 14.6 Å². The van der Waals surface area contributed by atoms with E-state index in [1.165, 1.54) is 0 Å². The smallest absolute Gasteiger partial charge is 0.308 e. The van der Waals surface area contributed by atoms with Crippen LogP contribution in [0.1, 0.15) is 27.2 Å². The zero-order valence-electron chi connectivity index (χ0n) is 10.6. The van der Waals surface area contributed by atoms with E-state index in [-0.39, 0.29) is 12.0 Å². The number of hydrogen-bond donors (Lipinski definition) is 1. The Kier molecular flexibility index (Phi) is 4.74. The van der Waals surface area contributed by atoms with E-state index in [1.807, 2.05) is 6.92 Å².